The molecule has 1 fully saturated rings. The van der Waals surface area contributed by atoms with E-state index < -0.39 is 0 Å². The van der Waals surface area contributed by atoms with Crippen LogP contribution in [0.3, 0.4) is 0 Å². The molecule has 2 aromatic heterocycles. The van der Waals surface area contributed by atoms with Gasteiger partial charge in [0.25, 0.3) is 0 Å². The number of aromatic nitrogens is 7. The highest BCUT2D eigenvalue weighted by atomic mass is 16.1. The Balaban J connectivity index is 1.82. The lowest BCUT2D eigenvalue weighted by molar-refractivity contribution is 0.111. The number of aldehydes is 1. The molecule has 8 heteroatoms. The Labute approximate surface area is 90.2 Å². The molecule has 0 atom stereocenters. The molecule has 1 aliphatic rings. The predicted molar refractivity (Wildman–Crippen MR) is 50.6 cm³/mol. The predicted octanol–water partition coefficient (Wildman–Crippen LogP) is -0.540. The largest absolute Gasteiger partial charge is 0.296 e. The van der Waals surface area contributed by atoms with Crippen molar-refractivity contribution in [1.82, 2.24) is 35.2 Å². The average molecular weight is 219 g/mol. The summed E-state index contributed by atoms with van der Waals surface area (Å²) in [4.78, 5) is 10.4. The van der Waals surface area contributed by atoms with Crippen LogP contribution in [0.1, 0.15) is 35.2 Å². The molecule has 0 bridgehead atoms. The molecule has 2 aromatic rings. The van der Waals surface area contributed by atoms with E-state index in [-0.39, 0.29) is 0 Å². The summed E-state index contributed by atoms with van der Waals surface area (Å²) in [5.41, 5.74) is 0.311. The summed E-state index contributed by atoms with van der Waals surface area (Å²) >= 11 is 0. The summed E-state index contributed by atoms with van der Waals surface area (Å²) in [5.74, 6) is 0.741. The summed E-state index contributed by atoms with van der Waals surface area (Å²) in [7, 11) is 0. The molecule has 0 radical (unpaired) electrons. The summed E-state index contributed by atoms with van der Waals surface area (Å²) in [6.45, 7) is 0.435. The minimum atomic E-state index is 0.311. The maximum Gasteiger partial charge on any atom is 0.173 e. The number of rotatable bonds is 4. The second-order valence-corrected chi connectivity index (χ2v) is 3.73. The molecule has 0 aliphatic heterocycles. The van der Waals surface area contributed by atoms with Crippen LogP contribution in [0.25, 0.3) is 0 Å². The molecule has 0 spiro atoms. The van der Waals surface area contributed by atoms with E-state index >= 15 is 0 Å². The Morgan fingerprint density at radius 1 is 1.38 bits per heavy atom. The van der Waals surface area contributed by atoms with Crippen molar-refractivity contribution in [2.45, 2.75) is 25.4 Å². The maximum atomic E-state index is 10.4. The van der Waals surface area contributed by atoms with Gasteiger partial charge in [-0.2, -0.15) is 0 Å². The molecule has 0 saturated heterocycles. The maximum absolute atomic E-state index is 10.4. The van der Waals surface area contributed by atoms with Crippen molar-refractivity contribution in [3.05, 3.63) is 17.7 Å². The molecule has 3 rings (SSSR count). The van der Waals surface area contributed by atoms with Crippen molar-refractivity contribution in [3.8, 4) is 0 Å². The molecule has 0 unspecified atom stereocenters. The Morgan fingerprint density at radius 2 is 2.25 bits per heavy atom. The van der Waals surface area contributed by atoms with Crippen LogP contribution >= 0.6 is 0 Å². The normalized spacial score (nSPS) is 15.2. The number of nitrogens with zero attached hydrogens (tertiary/aromatic N) is 7. The highest BCUT2D eigenvalue weighted by Gasteiger charge is 2.27. The van der Waals surface area contributed by atoms with Crippen LogP contribution in [0.5, 0.6) is 0 Å². The Kier molecular flexibility index (Phi) is 1.98. The molecule has 82 valence electrons. The first kappa shape index (κ1) is 9.13. The van der Waals surface area contributed by atoms with E-state index in [1.165, 1.54) is 0 Å². The SMILES string of the molecule is O=Cc1cn(Cc2nnnn2C2CC2)nn1. The lowest BCUT2D eigenvalue weighted by Crippen LogP contribution is -2.09. The summed E-state index contributed by atoms with van der Waals surface area (Å²) in [6.07, 6.45) is 4.47. The average Bonchev–Trinajstić information content (AvgIpc) is 2.88. The van der Waals surface area contributed by atoms with Crippen LogP contribution in [-0.2, 0) is 6.54 Å². The van der Waals surface area contributed by atoms with Crippen molar-refractivity contribution in [2.24, 2.45) is 0 Å². The lowest BCUT2D eigenvalue weighted by atomic mass is 10.5. The minimum absolute atomic E-state index is 0.311. The van der Waals surface area contributed by atoms with Crippen molar-refractivity contribution >= 4 is 6.29 Å². The zero-order valence-electron chi connectivity index (χ0n) is 8.39. The van der Waals surface area contributed by atoms with Crippen LogP contribution < -0.4 is 0 Å². The van der Waals surface area contributed by atoms with Gasteiger partial charge in [-0.1, -0.05) is 5.21 Å². The van der Waals surface area contributed by atoms with Crippen LogP contribution in [-0.4, -0.2) is 41.5 Å². The van der Waals surface area contributed by atoms with Gasteiger partial charge < -0.3 is 0 Å². The lowest BCUT2D eigenvalue weighted by Gasteiger charge is -2.01. The van der Waals surface area contributed by atoms with Crippen molar-refractivity contribution < 1.29 is 4.79 Å². The van der Waals surface area contributed by atoms with Crippen LogP contribution in [0.4, 0.5) is 0 Å². The third kappa shape index (κ3) is 1.58. The Morgan fingerprint density at radius 3 is 2.94 bits per heavy atom. The quantitative estimate of drug-likeness (QED) is 0.641. The second-order valence-electron chi connectivity index (χ2n) is 3.73. The molecular weight excluding hydrogens is 210 g/mol. The summed E-state index contributed by atoms with van der Waals surface area (Å²) in [5, 5.41) is 19.0. The van der Waals surface area contributed by atoms with Crippen LogP contribution in [0, 0.1) is 0 Å². The molecule has 1 saturated carbocycles. The van der Waals surface area contributed by atoms with Gasteiger partial charge in [-0.05, 0) is 23.3 Å². The van der Waals surface area contributed by atoms with Gasteiger partial charge in [-0.15, -0.1) is 10.2 Å². The first-order valence-corrected chi connectivity index (χ1v) is 4.99. The molecular formula is C8H9N7O. The summed E-state index contributed by atoms with van der Waals surface area (Å²) < 4.78 is 3.36. The topological polar surface area (TPSA) is 91.4 Å². The molecule has 0 amide bonds. The zero-order chi connectivity index (χ0) is 11.0. The van der Waals surface area contributed by atoms with Gasteiger partial charge in [0.05, 0.1) is 12.2 Å². The monoisotopic (exact) mass is 219 g/mol. The molecule has 8 nitrogen and oxygen atoms in total. The standard InChI is InChI=1S/C8H9N7O/c16-5-6-3-14(12-9-6)4-8-10-11-13-15(8)7-1-2-7/h3,5,7H,1-2,4H2. The van der Waals surface area contributed by atoms with Gasteiger partial charge >= 0.3 is 0 Å². The summed E-state index contributed by atoms with van der Waals surface area (Å²) in [6, 6.07) is 0.430. The molecule has 2 heterocycles. The van der Waals surface area contributed by atoms with Gasteiger partial charge in [0.15, 0.2) is 12.1 Å². The Hall–Kier alpha value is -2.12. The second kappa shape index (κ2) is 3.47. The smallest absolute Gasteiger partial charge is 0.173 e. The van der Waals surface area contributed by atoms with Crippen LogP contribution in [0.15, 0.2) is 6.20 Å². The van der Waals surface area contributed by atoms with E-state index in [2.05, 4.69) is 25.8 Å². The van der Waals surface area contributed by atoms with Gasteiger partial charge in [0.2, 0.25) is 0 Å². The molecule has 0 aromatic carbocycles. The molecule has 16 heavy (non-hydrogen) atoms. The number of tetrazole rings is 1. The van der Waals surface area contributed by atoms with E-state index in [1.807, 2.05) is 4.68 Å². The number of hydrogen-bond donors (Lipinski definition) is 0. The molecule has 0 N–H and O–H groups in total. The van der Waals surface area contributed by atoms with E-state index in [0.717, 1.165) is 18.7 Å². The van der Waals surface area contributed by atoms with Crippen molar-refractivity contribution in [3.63, 3.8) is 0 Å². The number of carbonyl (C=O) groups excluding carboxylic acids is 1. The highest BCUT2D eigenvalue weighted by Crippen LogP contribution is 2.34. The number of carbonyl (C=O) groups is 1. The fourth-order valence-corrected chi connectivity index (χ4v) is 1.51. The first-order valence-electron chi connectivity index (χ1n) is 4.99. The van der Waals surface area contributed by atoms with Gasteiger partial charge in [-0.3, -0.25) is 4.79 Å². The van der Waals surface area contributed by atoms with E-state index in [1.54, 1.807) is 10.9 Å². The zero-order valence-corrected chi connectivity index (χ0v) is 8.39. The number of hydrogen-bond acceptors (Lipinski definition) is 6. The van der Waals surface area contributed by atoms with Gasteiger partial charge in [0.1, 0.15) is 12.2 Å². The van der Waals surface area contributed by atoms with E-state index in [4.69, 9.17) is 0 Å². The van der Waals surface area contributed by atoms with Crippen molar-refractivity contribution in [1.29, 1.82) is 0 Å². The third-order valence-electron chi connectivity index (χ3n) is 2.43. The third-order valence-corrected chi connectivity index (χ3v) is 2.43. The first-order chi connectivity index (χ1) is 7.86. The fourth-order valence-electron chi connectivity index (χ4n) is 1.51. The van der Waals surface area contributed by atoms with E-state index in [9.17, 15) is 4.79 Å². The van der Waals surface area contributed by atoms with Crippen LogP contribution in [0.2, 0.25) is 0 Å². The highest BCUT2D eigenvalue weighted by molar-refractivity contribution is 5.70. The van der Waals surface area contributed by atoms with Gasteiger partial charge in [0, 0.05) is 0 Å². The minimum Gasteiger partial charge on any atom is -0.296 e. The Bertz CT molecular complexity index is 512. The van der Waals surface area contributed by atoms with Crippen molar-refractivity contribution in [2.75, 3.05) is 0 Å². The fraction of sp³-hybridized carbons (Fsp3) is 0.500. The van der Waals surface area contributed by atoms with E-state index in [0.29, 0.717) is 24.6 Å². The molecule has 1 aliphatic carbocycles. The van der Waals surface area contributed by atoms with Gasteiger partial charge in [-0.25, -0.2) is 9.36 Å².